The van der Waals surface area contributed by atoms with Gasteiger partial charge in [0.15, 0.2) is 0 Å². The van der Waals surface area contributed by atoms with E-state index < -0.39 is 0 Å². The van der Waals surface area contributed by atoms with Crippen LogP contribution >= 0.6 is 15.9 Å². The van der Waals surface area contributed by atoms with E-state index in [4.69, 9.17) is 9.47 Å². The molecule has 6 heteroatoms. The molecule has 0 saturated carbocycles. The average Bonchev–Trinajstić information content (AvgIpc) is 2.58. The predicted octanol–water partition coefficient (Wildman–Crippen LogP) is 5.01. The van der Waals surface area contributed by atoms with Crippen molar-refractivity contribution in [2.45, 2.75) is 59.5 Å². The molecule has 1 aliphatic heterocycles. The molecule has 1 aliphatic carbocycles. The van der Waals surface area contributed by atoms with Gasteiger partial charge in [0.1, 0.15) is 11.5 Å². The molecule has 3 rings (SSSR count). The second-order valence-corrected chi connectivity index (χ2v) is 9.47. The van der Waals surface area contributed by atoms with E-state index in [2.05, 4.69) is 35.1 Å². The number of Topliss-reactive ketones (excluding diaryl/α,β-unsaturated/α-hetero) is 1. The van der Waals surface area contributed by atoms with E-state index in [-0.39, 0.29) is 29.2 Å². The monoisotopic (exact) mass is 461 g/mol. The predicted molar refractivity (Wildman–Crippen MR) is 116 cm³/mol. The third kappa shape index (κ3) is 4.13. The molecule has 1 N–H and O–H groups in total. The molecule has 1 heterocycles. The van der Waals surface area contributed by atoms with E-state index in [1.165, 1.54) is 0 Å². The van der Waals surface area contributed by atoms with Crippen LogP contribution in [0.2, 0.25) is 0 Å². The lowest BCUT2D eigenvalue weighted by molar-refractivity contribution is -0.143. The maximum atomic E-state index is 13.1. The molecule has 1 atom stereocenters. The van der Waals surface area contributed by atoms with E-state index in [0.29, 0.717) is 18.4 Å². The summed E-state index contributed by atoms with van der Waals surface area (Å²) in [5, 5.41) is 3.35. The highest BCUT2D eigenvalue weighted by Gasteiger charge is 2.45. The number of dihydropyridines is 1. The van der Waals surface area contributed by atoms with Crippen LogP contribution in [0, 0.1) is 5.41 Å². The Hall–Kier alpha value is -2.08. The Labute approximate surface area is 180 Å². The van der Waals surface area contributed by atoms with Gasteiger partial charge in [-0.3, -0.25) is 4.79 Å². The Balaban J connectivity index is 2.22. The van der Waals surface area contributed by atoms with Gasteiger partial charge < -0.3 is 14.8 Å². The lowest BCUT2D eigenvalue weighted by atomic mass is 9.64. The van der Waals surface area contributed by atoms with Crippen molar-refractivity contribution in [2.24, 2.45) is 5.41 Å². The van der Waals surface area contributed by atoms with Crippen molar-refractivity contribution >= 4 is 27.7 Å². The first-order chi connectivity index (χ1) is 13.5. The van der Waals surface area contributed by atoms with Crippen LogP contribution in [0.3, 0.4) is 0 Å². The first-order valence-corrected chi connectivity index (χ1v) is 10.6. The molecule has 29 heavy (non-hydrogen) atoms. The van der Waals surface area contributed by atoms with Gasteiger partial charge in [-0.2, -0.15) is 0 Å². The topological polar surface area (TPSA) is 64.6 Å². The van der Waals surface area contributed by atoms with Crippen molar-refractivity contribution in [1.82, 2.24) is 5.32 Å². The Morgan fingerprint density at radius 1 is 1.31 bits per heavy atom. The van der Waals surface area contributed by atoms with Crippen LogP contribution in [0.5, 0.6) is 5.75 Å². The van der Waals surface area contributed by atoms with E-state index in [1.807, 2.05) is 39.0 Å². The van der Waals surface area contributed by atoms with Gasteiger partial charge in [0, 0.05) is 30.2 Å². The first-order valence-electron chi connectivity index (χ1n) is 9.82. The van der Waals surface area contributed by atoms with E-state index >= 15 is 0 Å². The van der Waals surface area contributed by atoms with Crippen LogP contribution in [0.1, 0.15) is 58.9 Å². The molecule has 5 nitrogen and oxygen atoms in total. The molecule has 0 saturated heterocycles. The van der Waals surface area contributed by atoms with Crippen LogP contribution < -0.4 is 10.1 Å². The van der Waals surface area contributed by atoms with Gasteiger partial charge in [-0.05, 0) is 65.4 Å². The van der Waals surface area contributed by atoms with Gasteiger partial charge in [-0.25, -0.2) is 4.79 Å². The minimum atomic E-state index is -0.376. The molecule has 1 unspecified atom stereocenters. The third-order valence-corrected chi connectivity index (χ3v) is 6.08. The zero-order chi connectivity index (χ0) is 21.5. The van der Waals surface area contributed by atoms with E-state index in [0.717, 1.165) is 32.8 Å². The van der Waals surface area contributed by atoms with Gasteiger partial charge in [-0.15, -0.1) is 0 Å². The highest BCUT2D eigenvalue weighted by Crippen LogP contribution is 2.51. The summed E-state index contributed by atoms with van der Waals surface area (Å²) in [6.45, 7) is 9.70. The Kier molecular flexibility index (Phi) is 5.95. The van der Waals surface area contributed by atoms with Crippen molar-refractivity contribution in [2.75, 3.05) is 7.11 Å². The fourth-order valence-corrected chi connectivity index (χ4v) is 4.98. The van der Waals surface area contributed by atoms with Crippen molar-refractivity contribution in [3.05, 3.63) is 50.8 Å². The molecule has 1 aromatic rings. The molecule has 0 bridgehead atoms. The second-order valence-electron chi connectivity index (χ2n) is 8.61. The number of ether oxygens (including phenoxy) is 2. The smallest absolute Gasteiger partial charge is 0.336 e. The zero-order valence-corrected chi connectivity index (χ0v) is 19.4. The van der Waals surface area contributed by atoms with Crippen molar-refractivity contribution < 1.29 is 19.1 Å². The number of nitrogens with one attached hydrogen (secondary N) is 1. The number of benzene rings is 1. The molecule has 156 valence electrons. The minimum absolute atomic E-state index is 0.205. The van der Waals surface area contributed by atoms with Crippen LogP contribution in [0.25, 0.3) is 0 Å². The SMILES string of the molecule is COc1ccc(C2C(C(=O)OC(C)C)=C(C)NC3=C2C(C)(C)CC(=O)C3)cc1Br. The molecular formula is C23H28BrNO4. The zero-order valence-electron chi connectivity index (χ0n) is 17.8. The van der Waals surface area contributed by atoms with Crippen LogP contribution in [-0.2, 0) is 14.3 Å². The number of allylic oxidation sites excluding steroid dienone is 3. The van der Waals surface area contributed by atoms with Gasteiger partial charge in [-0.1, -0.05) is 19.9 Å². The maximum absolute atomic E-state index is 13.1. The Bertz CT molecular complexity index is 927. The quantitative estimate of drug-likeness (QED) is 0.638. The number of ketones is 1. The van der Waals surface area contributed by atoms with Gasteiger partial charge in [0.05, 0.1) is 23.3 Å². The van der Waals surface area contributed by atoms with Gasteiger partial charge >= 0.3 is 5.97 Å². The van der Waals surface area contributed by atoms with Crippen LogP contribution in [0.4, 0.5) is 0 Å². The normalized spacial score (nSPS) is 21.1. The summed E-state index contributed by atoms with van der Waals surface area (Å²) in [5.41, 5.74) is 3.90. The molecular weight excluding hydrogens is 434 g/mol. The highest BCUT2D eigenvalue weighted by molar-refractivity contribution is 9.10. The fraction of sp³-hybridized carbons (Fsp3) is 0.478. The standard InChI is InChI=1S/C23H28BrNO4/c1-12(2)29-22(27)19-13(3)25-17-10-15(26)11-23(4,5)21(17)20(19)14-7-8-18(28-6)16(24)9-14/h7-9,12,20,25H,10-11H2,1-6H3. The Morgan fingerprint density at radius 3 is 2.59 bits per heavy atom. The molecule has 2 aliphatic rings. The highest BCUT2D eigenvalue weighted by atomic mass is 79.9. The molecule has 0 amide bonds. The molecule has 0 fully saturated rings. The van der Waals surface area contributed by atoms with Crippen LogP contribution in [0.15, 0.2) is 45.2 Å². The number of rotatable bonds is 4. The largest absolute Gasteiger partial charge is 0.496 e. The summed E-state index contributed by atoms with van der Waals surface area (Å²) in [7, 11) is 1.62. The Morgan fingerprint density at radius 2 is 2.00 bits per heavy atom. The fourth-order valence-electron chi connectivity index (χ4n) is 4.43. The van der Waals surface area contributed by atoms with E-state index in [1.54, 1.807) is 7.11 Å². The number of hydrogen-bond acceptors (Lipinski definition) is 5. The number of methoxy groups -OCH3 is 1. The van der Waals surface area contributed by atoms with Crippen molar-refractivity contribution in [3.8, 4) is 5.75 Å². The summed E-state index contributed by atoms with van der Waals surface area (Å²) < 4.78 is 11.8. The number of esters is 1. The summed E-state index contributed by atoms with van der Waals surface area (Å²) >= 11 is 3.57. The lowest BCUT2D eigenvalue weighted by Crippen LogP contribution is -2.40. The number of hydrogen-bond donors (Lipinski definition) is 1. The van der Waals surface area contributed by atoms with Gasteiger partial charge in [0.2, 0.25) is 0 Å². The van der Waals surface area contributed by atoms with Crippen molar-refractivity contribution in [1.29, 1.82) is 0 Å². The van der Waals surface area contributed by atoms with Gasteiger partial charge in [0.25, 0.3) is 0 Å². The number of carbonyl (C=O) groups excluding carboxylic acids is 2. The summed E-state index contributed by atoms with van der Waals surface area (Å²) in [6, 6.07) is 5.86. The second kappa shape index (κ2) is 7.98. The first kappa shape index (κ1) is 21.6. The lowest BCUT2D eigenvalue weighted by Gasteiger charge is -2.43. The average molecular weight is 462 g/mol. The molecule has 1 aromatic carbocycles. The minimum Gasteiger partial charge on any atom is -0.496 e. The van der Waals surface area contributed by atoms with Crippen LogP contribution in [-0.4, -0.2) is 25.0 Å². The molecule has 0 spiro atoms. The summed E-state index contributed by atoms with van der Waals surface area (Å²) in [4.78, 5) is 25.5. The van der Waals surface area contributed by atoms with Crippen molar-refractivity contribution in [3.63, 3.8) is 0 Å². The third-order valence-electron chi connectivity index (χ3n) is 5.46. The molecule has 0 aromatic heterocycles. The van der Waals surface area contributed by atoms with E-state index in [9.17, 15) is 9.59 Å². The molecule has 0 radical (unpaired) electrons. The summed E-state index contributed by atoms with van der Waals surface area (Å²) in [6.07, 6.45) is 0.589. The number of halogens is 1. The summed E-state index contributed by atoms with van der Waals surface area (Å²) in [5.74, 6) is 0.308. The maximum Gasteiger partial charge on any atom is 0.336 e. The number of carbonyl (C=O) groups is 2.